The molecule has 1 heteroatoms. The van der Waals surface area contributed by atoms with Gasteiger partial charge < -0.3 is 5.11 Å². The van der Waals surface area contributed by atoms with Gasteiger partial charge in [0.25, 0.3) is 0 Å². The third-order valence-electron chi connectivity index (χ3n) is 8.27. The molecule has 3 fully saturated rings. The van der Waals surface area contributed by atoms with Gasteiger partial charge in [0.05, 0.1) is 6.61 Å². The first-order valence-corrected chi connectivity index (χ1v) is 9.24. The summed E-state index contributed by atoms with van der Waals surface area (Å²) in [6.45, 7) is 8.00. The first-order valence-electron chi connectivity index (χ1n) is 9.24. The summed E-state index contributed by atoms with van der Waals surface area (Å²) in [6, 6.07) is 0. The minimum atomic E-state index is 0.310. The van der Waals surface area contributed by atoms with Gasteiger partial charge in [-0.3, -0.25) is 0 Å². The van der Waals surface area contributed by atoms with Crippen LogP contribution >= 0.6 is 0 Å². The Morgan fingerprint density at radius 1 is 1.05 bits per heavy atom. The van der Waals surface area contributed by atoms with Gasteiger partial charge in [-0.15, -0.1) is 0 Å². The van der Waals surface area contributed by atoms with Gasteiger partial charge in [0.15, 0.2) is 0 Å². The summed E-state index contributed by atoms with van der Waals surface area (Å²) in [4.78, 5) is 0. The van der Waals surface area contributed by atoms with Crippen LogP contribution in [0, 0.1) is 34.0 Å². The van der Waals surface area contributed by atoms with Crippen molar-refractivity contribution in [3.8, 4) is 0 Å². The topological polar surface area (TPSA) is 20.2 Å². The molecule has 4 rings (SSSR count). The zero-order valence-corrected chi connectivity index (χ0v) is 14.1. The summed E-state index contributed by atoms with van der Waals surface area (Å²) < 4.78 is 0. The summed E-state index contributed by atoms with van der Waals surface area (Å²) >= 11 is 0. The van der Waals surface area contributed by atoms with E-state index in [-0.39, 0.29) is 0 Å². The van der Waals surface area contributed by atoms with Crippen LogP contribution in [0.15, 0.2) is 11.6 Å². The van der Waals surface area contributed by atoms with Crippen LogP contribution in [0.2, 0.25) is 0 Å². The zero-order valence-electron chi connectivity index (χ0n) is 14.1. The van der Waals surface area contributed by atoms with E-state index >= 15 is 0 Å². The molecule has 0 amide bonds. The van der Waals surface area contributed by atoms with Crippen LogP contribution in [0.1, 0.15) is 72.1 Å². The van der Waals surface area contributed by atoms with E-state index < -0.39 is 0 Å². The molecule has 0 unspecified atom stereocenters. The van der Waals surface area contributed by atoms with E-state index in [0.717, 1.165) is 11.8 Å². The third kappa shape index (κ3) is 1.79. The molecule has 2 bridgehead atoms. The highest BCUT2D eigenvalue weighted by molar-refractivity contribution is 5.28. The lowest BCUT2D eigenvalue weighted by atomic mass is 9.41. The van der Waals surface area contributed by atoms with Gasteiger partial charge in [-0.05, 0) is 84.5 Å². The molecule has 0 heterocycles. The van der Waals surface area contributed by atoms with Crippen LogP contribution in [0.25, 0.3) is 0 Å². The van der Waals surface area contributed by atoms with Gasteiger partial charge in [-0.2, -0.15) is 0 Å². The number of aliphatic hydroxyl groups is 1. The van der Waals surface area contributed by atoms with Crippen molar-refractivity contribution in [2.75, 3.05) is 6.61 Å². The maximum atomic E-state index is 9.71. The molecule has 4 aliphatic rings. The lowest BCUT2D eigenvalue weighted by molar-refractivity contribution is -0.133. The molecule has 0 aliphatic heterocycles. The van der Waals surface area contributed by atoms with Crippen molar-refractivity contribution in [2.45, 2.75) is 72.1 Å². The Morgan fingerprint density at radius 3 is 2.62 bits per heavy atom. The highest BCUT2D eigenvalue weighted by Gasteiger charge is 2.61. The van der Waals surface area contributed by atoms with E-state index in [9.17, 15) is 5.11 Å². The minimum absolute atomic E-state index is 0.310. The fraction of sp³-hybridized carbons (Fsp3) is 0.900. The van der Waals surface area contributed by atoms with Crippen molar-refractivity contribution in [3.05, 3.63) is 11.6 Å². The standard InChI is InChI=1S/C20H32O/c1-18(2)8-4-9-19(3)16(18)7-10-20-11-14(5-6-17(19)20)15(12-20)13-21/h12,14,16-17,21H,4-11,13H2,1-3H3/t14-,16-,17-,19+,20+/m1/s1. The Morgan fingerprint density at radius 2 is 1.86 bits per heavy atom. The largest absolute Gasteiger partial charge is 0.392 e. The van der Waals surface area contributed by atoms with E-state index in [2.05, 4.69) is 26.8 Å². The van der Waals surface area contributed by atoms with Crippen LogP contribution in [0.4, 0.5) is 0 Å². The van der Waals surface area contributed by atoms with Gasteiger partial charge in [0.2, 0.25) is 0 Å². The van der Waals surface area contributed by atoms with Crippen LogP contribution in [0.3, 0.4) is 0 Å². The molecule has 0 radical (unpaired) electrons. The normalized spacial score (nSPS) is 51.0. The van der Waals surface area contributed by atoms with Crippen LogP contribution < -0.4 is 0 Å². The highest BCUT2D eigenvalue weighted by atomic mass is 16.3. The van der Waals surface area contributed by atoms with Gasteiger partial charge in [-0.1, -0.05) is 33.3 Å². The molecule has 118 valence electrons. The van der Waals surface area contributed by atoms with Crippen molar-refractivity contribution in [3.63, 3.8) is 0 Å². The maximum Gasteiger partial charge on any atom is 0.0644 e. The third-order valence-corrected chi connectivity index (χ3v) is 8.27. The molecule has 3 saturated carbocycles. The molecular formula is C20H32O. The number of allylic oxidation sites excluding steroid dienone is 1. The molecule has 0 aromatic heterocycles. The molecule has 0 aromatic carbocycles. The monoisotopic (exact) mass is 288 g/mol. The Kier molecular flexibility index (Phi) is 2.98. The van der Waals surface area contributed by atoms with Crippen molar-refractivity contribution >= 4 is 0 Å². The van der Waals surface area contributed by atoms with Crippen molar-refractivity contribution in [1.29, 1.82) is 0 Å². The van der Waals surface area contributed by atoms with Crippen LogP contribution in [-0.4, -0.2) is 11.7 Å². The van der Waals surface area contributed by atoms with Crippen molar-refractivity contribution in [1.82, 2.24) is 0 Å². The van der Waals surface area contributed by atoms with E-state index in [1.807, 2.05) is 0 Å². The van der Waals surface area contributed by atoms with E-state index in [1.165, 1.54) is 56.9 Å². The Bertz CT molecular complexity index is 476. The van der Waals surface area contributed by atoms with Gasteiger partial charge in [0.1, 0.15) is 0 Å². The Balaban J connectivity index is 1.74. The molecule has 1 N–H and O–H groups in total. The van der Waals surface area contributed by atoms with Crippen molar-refractivity contribution < 1.29 is 5.11 Å². The second kappa shape index (κ2) is 4.37. The van der Waals surface area contributed by atoms with Gasteiger partial charge in [0, 0.05) is 0 Å². The maximum absolute atomic E-state index is 9.71. The van der Waals surface area contributed by atoms with Crippen LogP contribution in [0.5, 0.6) is 0 Å². The van der Waals surface area contributed by atoms with Crippen molar-refractivity contribution in [2.24, 2.45) is 34.0 Å². The molecule has 1 spiro atoms. The fourth-order valence-electron chi connectivity index (χ4n) is 7.55. The predicted octanol–water partition coefficient (Wildman–Crippen LogP) is 4.95. The van der Waals surface area contributed by atoms with E-state index in [1.54, 1.807) is 0 Å². The van der Waals surface area contributed by atoms with Crippen LogP contribution in [-0.2, 0) is 0 Å². The van der Waals surface area contributed by atoms with Gasteiger partial charge >= 0.3 is 0 Å². The second-order valence-electron chi connectivity index (χ2n) is 9.58. The van der Waals surface area contributed by atoms with E-state index in [4.69, 9.17) is 0 Å². The van der Waals surface area contributed by atoms with E-state index in [0.29, 0.717) is 28.8 Å². The molecule has 1 nitrogen and oxygen atoms in total. The lowest BCUT2D eigenvalue weighted by Crippen LogP contribution is -2.55. The molecule has 4 aliphatic carbocycles. The predicted molar refractivity (Wildman–Crippen MR) is 86.9 cm³/mol. The summed E-state index contributed by atoms with van der Waals surface area (Å²) in [7, 11) is 0. The second-order valence-corrected chi connectivity index (χ2v) is 9.58. The Labute approximate surface area is 130 Å². The molecule has 0 saturated heterocycles. The number of fused-ring (bicyclic) bond motifs is 3. The average Bonchev–Trinajstić information content (AvgIpc) is 2.68. The molecule has 0 aromatic rings. The molecular weight excluding hydrogens is 256 g/mol. The SMILES string of the molecule is CC1(C)CCC[C@@]2(C)[C@@H]1CC[C@]13C=C(CO)[C@H](CC[C@@H]12)C3. The summed E-state index contributed by atoms with van der Waals surface area (Å²) in [5.41, 5.74) is 2.93. The summed E-state index contributed by atoms with van der Waals surface area (Å²) in [5, 5.41) is 9.71. The Hall–Kier alpha value is -0.300. The minimum Gasteiger partial charge on any atom is -0.392 e. The summed E-state index contributed by atoms with van der Waals surface area (Å²) in [5.74, 6) is 2.50. The lowest BCUT2D eigenvalue weighted by Gasteiger charge is -2.63. The number of hydrogen-bond donors (Lipinski definition) is 1. The van der Waals surface area contributed by atoms with Gasteiger partial charge in [-0.25, -0.2) is 0 Å². The quantitative estimate of drug-likeness (QED) is 0.677. The number of rotatable bonds is 1. The molecule has 5 atom stereocenters. The summed E-state index contributed by atoms with van der Waals surface area (Å²) in [6.07, 6.45) is 13.8. The average molecular weight is 288 g/mol. The molecule has 21 heavy (non-hydrogen) atoms. The first kappa shape index (κ1) is 14.3. The highest BCUT2D eigenvalue weighted by Crippen LogP contribution is 2.70. The zero-order chi connectivity index (χ0) is 14.9. The fourth-order valence-corrected chi connectivity index (χ4v) is 7.55. The first-order chi connectivity index (χ1) is 9.91. The number of hydrogen-bond acceptors (Lipinski definition) is 1. The number of aliphatic hydroxyl groups excluding tert-OH is 1. The smallest absolute Gasteiger partial charge is 0.0644 e.